The van der Waals surface area contributed by atoms with Crippen molar-refractivity contribution < 1.29 is 116 Å². The Morgan fingerprint density at radius 2 is 0.643 bits per heavy atom. The normalized spacial score (nSPS) is 16.2. The third kappa shape index (κ3) is 45.5. The number of nitrogens with one attached hydrogen (secondary N) is 14. The SMILES string of the molecule is CC(C)C[C@H](NC(=O)[C@H](CCC(N)=O)NC(=O)[C@H](CC(C)C)NC(=O)[C@H](CCC(N)=O)NC(=O)[C@H](CCC(N)=O)NC(=O)[C@H](CCC(N)=O)NC(=O)[C@@H](N)CC(=O)O)C(=O)N[C@@H](C)C(=O)N1CCC[C@H]1C(=O)N[C@@H](CC(C)C)C(=O)N[C@@H](CCCCN)C(=O)N[C@@H](CCCN=C(N)N)C(=O)N[C@@H](CC(C)C)C(=O)N[C@H](C(=O)N[C@@H](CC(C)C)C(=O)N[C@@H](C)C(=O)O)[C@@H](C)O. The minimum absolute atomic E-state index is 0.0153. The summed E-state index contributed by atoms with van der Waals surface area (Å²) in [4.78, 5) is 289. The number of aliphatic carboxylic acids is 2. The first kappa shape index (κ1) is 115. The summed E-state index contributed by atoms with van der Waals surface area (Å²) in [5.74, 6) is -23.3. The molecule has 19 amide bonds. The third-order valence-electron chi connectivity index (χ3n) is 20.2. The van der Waals surface area contributed by atoms with Crippen molar-refractivity contribution in [3.05, 3.63) is 0 Å². The molecule has 0 aromatic carbocycles. The number of carbonyl (C=O) groups excluding carboxylic acids is 19. The Labute approximate surface area is 750 Å². The monoisotopic (exact) mass is 1840 g/mol. The van der Waals surface area contributed by atoms with Crippen LogP contribution in [0, 0.1) is 29.6 Å². The minimum Gasteiger partial charge on any atom is -0.481 e. The number of aliphatic hydroxyl groups is 1. The molecule has 0 saturated carbocycles. The second-order valence-corrected chi connectivity index (χ2v) is 34.5. The number of nitrogens with two attached hydrogens (primary N) is 8. The predicted octanol–water partition coefficient (Wildman–Crippen LogP) is -7.45. The van der Waals surface area contributed by atoms with Gasteiger partial charge in [0.25, 0.3) is 0 Å². The van der Waals surface area contributed by atoms with Gasteiger partial charge in [-0.25, -0.2) is 0 Å². The topological polar surface area (TPSA) is 811 Å². The number of rotatable bonds is 63. The molecule has 0 aliphatic carbocycles. The van der Waals surface area contributed by atoms with Crippen molar-refractivity contribution in [3.8, 4) is 0 Å². The van der Waals surface area contributed by atoms with Crippen LogP contribution in [0.4, 0.5) is 0 Å². The molecule has 1 heterocycles. The molecule has 0 aromatic heterocycles. The number of carboxylic acid groups (broad SMARTS) is 2. The number of primary amides is 4. The number of hydrogen-bond donors (Lipinski definition) is 25. The van der Waals surface area contributed by atoms with Gasteiger partial charge in [0, 0.05) is 38.8 Å². The molecule has 33 N–H and O–H groups in total. The van der Waals surface area contributed by atoms with Gasteiger partial charge < -0.3 is 141 Å². The van der Waals surface area contributed by atoms with E-state index in [0.717, 1.165) is 0 Å². The number of unbranched alkanes of at least 4 members (excludes halogenated alkanes) is 1. The van der Waals surface area contributed by atoms with E-state index >= 15 is 0 Å². The number of amides is 19. The lowest BCUT2D eigenvalue weighted by Gasteiger charge is -2.31. The molecule has 17 atom stereocenters. The molecule has 0 unspecified atom stereocenters. The summed E-state index contributed by atoms with van der Waals surface area (Å²) in [5, 5.41) is 64.5. The first-order valence-electron chi connectivity index (χ1n) is 43.4. The number of nitrogens with zero attached hydrogens (tertiary/aromatic N) is 2. The molecule has 0 bridgehead atoms. The van der Waals surface area contributed by atoms with Gasteiger partial charge in [-0.05, 0) is 160 Å². The van der Waals surface area contributed by atoms with Gasteiger partial charge >= 0.3 is 11.9 Å². The molecule has 730 valence electrons. The van der Waals surface area contributed by atoms with Gasteiger partial charge in [-0.2, -0.15) is 0 Å². The molecule has 0 aromatic rings. The van der Waals surface area contributed by atoms with E-state index in [1.165, 1.54) is 25.7 Å². The molecule has 0 spiro atoms. The molecule has 129 heavy (non-hydrogen) atoms. The smallest absolute Gasteiger partial charge is 0.325 e. The van der Waals surface area contributed by atoms with Crippen molar-refractivity contribution in [2.75, 3.05) is 19.6 Å². The summed E-state index contributed by atoms with van der Waals surface area (Å²) < 4.78 is 0. The number of aliphatic hydroxyl groups excluding tert-OH is 1. The minimum atomic E-state index is -1.78. The van der Waals surface area contributed by atoms with Crippen LogP contribution in [0.5, 0.6) is 0 Å². The Balaban J connectivity index is 3.70. The van der Waals surface area contributed by atoms with Gasteiger partial charge in [0.2, 0.25) is 112 Å². The molecule has 1 saturated heterocycles. The van der Waals surface area contributed by atoms with E-state index in [0.29, 0.717) is 6.42 Å². The van der Waals surface area contributed by atoms with Gasteiger partial charge in [-0.1, -0.05) is 69.2 Å². The Morgan fingerprint density at radius 1 is 0.357 bits per heavy atom. The van der Waals surface area contributed by atoms with Crippen LogP contribution < -0.4 is 120 Å². The standard InChI is InChI=1S/C81H142N24O24/c1-38(2)32-53(99-71(119)52(24-28-62(87)110)98-74(122)55(34-40(5)6)100-70(118)51(23-27-61(86)109)97-69(117)50(22-26-60(85)108)96-68(116)49(21-25-59(84)107)93-65(113)46(83)37-63(111)112)72(120)91-43(11)79(127)105-31-17-20-58(105)77(125)102-56(35-41(7)8)75(123)95-47(18-14-15-29-82)66(114)94-48(19-16-30-90-81(88)89)67(115)101-57(36-42(9)10)76(124)104-64(45(13)106)78(126)103-54(33-39(3)4)73(121)92-44(12)80(128)129/h38-58,64,106H,14-37,82-83H2,1-13H3,(H2,84,107)(H2,85,108)(H2,86,109)(H2,87,110)(H,91,120)(H,92,121)(H,93,113)(H,94,114)(H,95,123)(H,96,116)(H,97,117)(H,98,122)(H,99,119)(H,100,118)(H,101,115)(H,102,125)(H,103,126)(H,104,124)(H,111,112)(H,128,129)(H4,88,89,90)/t43-,44-,45+,46-,47-,48-,49-,50-,51-,52-,53-,54-,55-,56-,57-,58-,64-/m0/s1. The summed E-state index contributed by atoms with van der Waals surface area (Å²) >= 11 is 0. The number of carbonyl (C=O) groups is 21. The third-order valence-corrected chi connectivity index (χ3v) is 20.2. The van der Waals surface area contributed by atoms with Crippen LogP contribution in [0.3, 0.4) is 0 Å². The fraction of sp³-hybridized carbons (Fsp3) is 0.728. The van der Waals surface area contributed by atoms with Gasteiger partial charge in [0.1, 0.15) is 90.6 Å². The maximum Gasteiger partial charge on any atom is 0.325 e. The average Bonchev–Trinajstić information content (AvgIpc) is 1.71. The van der Waals surface area contributed by atoms with E-state index in [9.17, 15) is 111 Å². The van der Waals surface area contributed by atoms with Crippen LogP contribution in [0.25, 0.3) is 0 Å². The van der Waals surface area contributed by atoms with Crippen LogP contribution in [-0.2, 0) is 101 Å². The first-order valence-corrected chi connectivity index (χ1v) is 43.4. The van der Waals surface area contributed by atoms with Gasteiger partial charge in [0.05, 0.1) is 18.6 Å². The molecule has 0 radical (unpaired) electrons. The fourth-order valence-electron chi connectivity index (χ4n) is 13.5. The second kappa shape index (κ2) is 58.5. The Kier molecular flexibility index (Phi) is 52.1. The molecule has 1 fully saturated rings. The highest BCUT2D eigenvalue weighted by molar-refractivity contribution is 6.02. The molecular formula is C81H142N24O24. The highest BCUT2D eigenvalue weighted by Crippen LogP contribution is 2.22. The molecule has 48 nitrogen and oxygen atoms in total. The maximum absolute atomic E-state index is 14.7. The summed E-state index contributed by atoms with van der Waals surface area (Å²) in [7, 11) is 0. The Bertz CT molecular complexity index is 3880. The van der Waals surface area contributed by atoms with Gasteiger partial charge in [-0.3, -0.25) is 106 Å². The molecular weight excluding hydrogens is 1690 g/mol. The number of likely N-dealkylation sites (tertiary alicyclic amines) is 1. The van der Waals surface area contributed by atoms with Gasteiger partial charge in [0.15, 0.2) is 5.96 Å². The molecule has 1 aliphatic rings. The maximum atomic E-state index is 14.7. The van der Waals surface area contributed by atoms with Crippen LogP contribution in [0.15, 0.2) is 4.99 Å². The lowest BCUT2D eigenvalue weighted by atomic mass is 10.00. The van der Waals surface area contributed by atoms with E-state index in [4.69, 9.17) is 51.0 Å². The number of carboxylic acids is 2. The quantitative estimate of drug-likeness (QED) is 0.0153. The molecule has 48 heteroatoms. The summed E-state index contributed by atoms with van der Waals surface area (Å²) in [6, 6.07) is -24.5. The van der Waals surface area contributed by atoms with Gasteiger partial charge in [-0.15, -0.1) is 0 Å². The number of hydrogen-bond acceptors (Lipinski definition) is 25. The van der Waals surface area contributed by atoms with Crippen LogP contribution in [0.1, 0.15) is 225 Å². The van der Waals surface area contributed by atoms with Crippen molar-refractivity contribution in [3.63, 3.8) is 0 Å². The lowest BCUT2D eigenvalue weighted by molar-refractivity contribution is -0.142. The fourth-order valence-corrected chi connectivity index (χ4v) is 13.5. The molecule has 1 aliphatic heterocycles. The number of aliphatic imine (C=N–C) groups is 1. The highest BCUT2D eigenvalue weighted by Gasteiger charge is 2.42. The van der Waals surface area contributed by atoms with Crippen molar-refractivity contribution in [2.24, 2.45) is 80.5 Å². The highest BCUT2D eigenvalue weighted by atomic mass is 16.4. The second-order valence-electron chi connectivity index (χ2n) is 34.5. The Morgan fingerprint density at radius 3 is 0.953 bits per heavy atom. The summed E-state index contributed by atoms with van der Waals surface area (Å²) in [6.07, 6.45) is -6.41. The van der Waals surface area contributed by atoms with E-state index in [1.54, 1.807) is 69.2 Å². The van der Waals surface area contributed by atoms with Crippen molar-refractivity contribution >= 4 is 130 Å². The first-order chi connectivity index (χ1) is 60.1. The van der Waals surface area contributed by atoms with Crippen LogP contribution in [0.2, 0.25) is 0 Å². The predicted molar refractivity (Wildman–Crippen MR) is 466 cm³/mol. The van der Waals surface area contributed by atoms with Crippen molar-refractivity contribution in [1.82, 2.24) is 79.3 Å². The summed E-state index contributed by atoms with van der Waals surface area (Å²) in [5.41, 5.74) is 44.3. The summed E-state index contributed by atoms with van der Waals surface area (Å²) in [6.45, 7) is 21.0. The number of guanidine groups is 1. The zero-order valence-corrected chi connectivity index (χ0v) is 76.1. The Hall–Kier alpha value is -12.0. The zero-order valence-electron chi connectivity index (χ0n) is 76.1. The van der Waals surface area contributed by atoms with E-state index in [1.807, 2.05) is 0 Å². The lowest BCUT2D eigenvalue weighted by Crippen LogP contribution is -2.62. The van der Waals surface area contributed by atoms with E-state index in [-0.39, 0.29) is 120 Å². The average molecular weight is 1840 g/mol. The zero-order chi connectivity index (χ0) is 98.6. The van der Waals surface area contributed by atoms with E-state index in [2.05, 4.69) is 79.4 Å². The van der Waals surface area contributed by atoms with Crippen molar-refractivity contribution in [2.45, 2.75) is 328 Å². The van der Waals surface area contributed by atoms with Crippen LogP contribution >= 0.6 is 0 Å². The largest absolute Gasteiger partial charge is 0.481 e. The van der Waals surface area contributed by atoms with E-state index < -0.39 is 291 Å². The van der Waals surface area contributed by atoms with Crippen molar-refractivity contribution in [1.29, 1.82) is 0 Å². The van der Waals surface area contributed by atoms with Crippen LogP contribution in [-0.4, -0.2) is 273 Å². The molecule has 1 rings (SSSR count).